The van der Waals surface area contributed by atoms with Crippen molar-refractivity contribution in [3.05, 3.63) is 69.2 Å². The fourth-order valence-corrected chi connectivity index (χ4v) is 9.65. The molecule has 0 bridgehead atoms. The molecule has 0 aromatic heterocycles. The number of fused-ring (bicyclic) bond motifs is 1. The number of nitrogens with zero attached hydrogens (tertiary/aromatic N) is 1. The smallest absolute Gasteiger partial charge is 0.412 e. The van der Waals surface area contributed by atoms with Gasteiger partial charge in [0, 0.05) is 25.8 Å². The molecule has 11 nitrogen and oxygen atoms in total. The Labute approximate surface area is 437 Å². The van der Waals surface area contributed by atoms with Crippen LogP contribution in [0.15, 0.2) is 42.5 Å². The highest BCUT2D eigenvalue weighted by atomic mass is 35.5. The summed E-state index contributed by atoms with van der Waals surface area (Å²) in [5.74, 6) is -2.26. The van der Waals surface area contributed by atoms with Crippen molar-refractivity contribution in [2.45, 2.75) is 237 Å². The molecule has 0 heterocycles. The van der Waals surface area contributed by atoms with Gasteiger partial charge in [-0.1, -0.05) is 221 Å². The standard InChI is InChI=1S/C58H89Cl2NO10/c1-4-6-8-10-12-14-16-18-20-22-24-26-28-34-54(62)67-43-47(44-68-55(63)35-29-27-25-23-21-19-17-15-13-11-9-7-5-2)71-57(65)41-40-56(64)69-45-70-58(66)61(3)53-39-37-48(49-32-30-31-33-50(49)53)46-36-38-51(59)52(60)42-46/h30-33,36,38,42,47-48,53H,4-29,34-35,37,39-41,43-45H2,1-3H3/t48-,53-/m0/s1. The third-order valence-corrected chi connectivity index (χ3v) is 14.4. The van der Waals surface area contributed by atoms with Gasteiger partial charge in [-0.2, -0.15) is 0 Å². The highest BCUT2D eigenvalue weighted by Crippen LogP contribution is 2.44. The number of ether oxygens (including phenoxy) is 5. The number of benzene rings is 2. The SMILES string of the molecule is CCCCCCCCCCCCCCCC(=O)OCC(COC(=O)CCCCCCCCCCCCCCC)OC(=O)CCC(=O)OCOC(=O)N(C)[C@H]1CC[C@@H](c2ccc(Cl)c(Cl)c2)c2ccccc21. The van der Waals surface area contributed by atoms with E-state index in [0.29, 0.717) is 29.3 Å². The normalized spacial score (nSPS) is 14.2. The van der Waals surface area contributed by atoms with Gasteiger partial charge in [-0.05, 0) is 54.5 Å². The molecule has 0 saturated heterocycles. The molecule has 1 aliphatic rings. The number of unbranched alkanes of at least 4 members (excludes halogenated alkanes) is 24. The minimum absolute atomic E-state index is 0.0761. The van der Waals surface area contributed by atoms with Gasteiger partial charge in [0.05, 0.1) is 28.9 Å². The van der Waals surface area contributed by atoms with Crippen molar-refractivity contribution >= 4 is 53.2 Å². The third kappa shape index (κ3) is 27.2. The molecular formula is C58H89Cl2NO10. The Morgan fingerprint density at radius 3 is 1.42 bits per heavy atom. The monoisotopic (exact) mass is 1030 g/mol. The Balaban J connectivity index is 1.38. The molecule has 0 N–H and O–H groups in total. The van der Waals surface area contributed by atoms with Crippen molar-refractivity contribution < 1.29 is 47.7 Å². The number of hydrogen-bond acceptors (Lipinski definition) is 10. The molecule has 2 atom stereocenters. The quantitative estimate of drug-likeness (QED) is 0.0275. The Bertz CT molecular complexity index is 1760. The average molecular weight is 1030 g/mol. The van der Waals surface area contributed by atoms with Gasteiger partial charge in [-0.25, -0.2) is 4.79 Å². The van der Waals surface area contributed by atoms with E-state index in [1.54, 1.807) is 13.1 Å². The number of carbonyl (C=O) groups excluding carboxylic acids is 5. The molecular weight excluding hydrogens is 942 g/mol. The van der Waals surface area contributed by atoms with Crippen LogP contribution in [-0.4, -0.2) is 68.0 Å². The van der Waals surface area contributed by atoms with Crippen molar-refractivity contribution in [2.24, 2.45) is 0 Å². The summed E-state index contributed by atoms with van der Waals surface area (Å²) in [4.78, 5) is 65.6. The van der Waals surface area contributed by atoms with E-state index >= 15 is 0 Å². The Morgan fingerprint density at radius 1 is 0.507 bits per heavy atom. The Hall–Kier alpha value is -3.83. The first kappa shape index (κ1) is 61.5. The van der Waals surface area contributed by atoms with Crippen molar-refractivity contribution in [1.29, 1.82) is 0 Å². The van der Waals surface area contributed by atoms with Crippen LogP contribution < -0.4 is 0 Å². The first-order chi connectivity index (χ1) is 34.5. The maximum absolute atomic E-state index is 13.1. The van der Waals surface area contributed by atoms with Crippen molar-refractivity contribution in [2.75, 3.05) is 27.1 Å². The van der Waals surface area contributed by atoms with E-state index in [0.717, 1.165) is 61.6 Å². The lowest BCUT2D eigenvalue weighted by atomic mass is 9.76. The molecule has 0 radical (unpaired) electrons. The van der Waals surface area contributed by atoms with Crippen molar-refractivity contribution in [3.63, 3.8) is 0 Å². The van der Waals surface area contributed by atoms with Gasteiger partial charge in [0.1, 0.15) is 13.2 Å². The molecule has 400 valence electrons. The largest absolute Gasteiger partial charge is 0.462 e. The van der Waals surface area contributed by atoms with Gasteiger partial charge in [-0.15, -0.1) is 0 Å². The molecule has 0 fully saturated rings. The lowest BCUT2D eigenvalue weighted by molar-refractivity contribution is -0.168. The number of hydrogen-bond donors (Lipinski definition) is 0. The molecule has 2 aromatic rings. The van der Waals surface area contributed by atoms with Crippen molar-refractivity contribution in [1.82, 2.24) is 4.90 Å². The number of carbonyl (C=O) groups is 5. The molecule has 2 aromatic carbocycles. The zero-order chi connectivity index (χ0) is 51.3. The Kier molecular flexibility index (Phi) is 33.5. The number of esters is 4. The first-order valence-electron chi connectivity index (χ1n) is 27.6. The summed E-state index contributed by atoms with van der Waals surface area (Å²) in [6.45, 7) is 3.30. The first-order valence-corrected chi connectivity index (χ1v) is 28.4. The predicted molar refractivity (Wildman–Crippen MR) is 284 cm³/mol. The summed E-state index contributed by atoms with van der Waals surface area (Å²) in [5, 5.41) is 0.977. The molecule has 0 unspecified atom stereocenters. The minimum Gasteiger partial charge on any atom is -0.462 e. The molecule has 0 saturated carbocycles. The van der Waals surface area contributed by atoms with Gasteiger partial charge in [-0.3, -0.25) is 19.2 Å². The topological polar surface area (TPSA) is 135 Å². The second kappa shape index (κ2) is 38.7. The number of halogens is 2. The van der Waals surface area contributed by atoms with Crippen LogP contribution in [0.1, 0.15) is 248 Å². The molecule has 0 aliphatic heterocycles. The second-order valence-corrected chi connectivity index (χ2v) is 20.4. The fourth-order valence-electron chi connectivity index (χ4n) is 9.35. The van der Waals surface area contributed by atoms with Crippen LogP contribution in [0.4, 0.5) is 4.79 Å². The summed E-state index contributed by atoms with van der Waals surface area (Å²) in [7, 11) is 1.64. The van der Waals surface area contributed by atoms with Gasteiger partial charge in [0.2, 0.25) is 6.79 Å². The minimum atomic E-state index is -1.04. The number of rotatable bonds is 40. The zero-order valence-electron chi connectivity index (χ0n) is 43.8. The van der Waals surface area contributed by atoms with Crippen LogP contribution >= 0.6 is 23.2 Å². The maximum atomic E-state index is 13.1. The van der Waals surface area contributed by atoms with E-state index in [9.17, 15) is 24.0 Å². The lowest BCUT2D eigenvalue weighted by Crippen LogP contribution is -2.35. The lowest BCUT2D eigenvalue weighted by Gasteiger charge is -2.36. The van der Waals surface area contributed by atoms with E-state index in [4.69, 9.17) is 46.9 Å². The van der Waals surface area contributed by atoms with Gasteiger partial charge >= 0.3 is 30.0 Å². The zero-order valence-corrected chi connectivity index (χ0v) is 45.3. The van der Waals surface area contributed by atoms with Crippen LogP contribution in [-0.2, 0) is 42.9 Å². The molecule has 13 heteroatoms. The fraction of sp³-hybridized carbons (Fsp3) is 0.707. The van der Waals surface area contributed by atoms with Crippen LogP contribution in [0.2, 0.25) is 10.0 Å². The number of amides is 1. The molecule has 71 heavy (non-hydrogen) atoms. The van der Waals surface area contributed by atoms with E-state index < -0.39 is 42.9 Å². The van der Waals surface area contributed by atoms with Gasteiger partial charge < -0.3 is 28.6 Å². The molecule has 0 spiro atoms. The second-order valence-electron chi connectivity index (χ2n) is 19.6. The van der Waals surface area contributed by atoms with Crippen LogP contribution in [0.5, 0.6) is 0 Å². The molecule has 1 amide bonds. The highest BCUT2D eigenvalue weighted by Gasteiger charge is 2.33. The third-order valence-electron chi connectivity index (χ3n) is 13.6. The van der Waals surface area contributed by atoms with E-state index in [-0.39, 0.29) is 50.9 Å². The summed E-state index contributed by atoms with van der Waals surface area (Å²) in [5.41, 5.74) is 3.10. The summed E-state index contributed by atoms with van der Waals surface area (Å²) < 4.78 is 27.0. The summed E-state index contributed by atoms with van der Waals surface area (Å²) in [6, 6.07) is 13.3. The van der Waals surface area contributed by atoms with E-state index in [1.807, 2.05) is 36.4 Å². The average Bonchev–Trinajstić information content (AvgIpc) is 3.37. The van der Waals surface area contributed by atoms with Gasteiger partial charge in [0.15, 0.2) is 6.10 Å². The predicted octanol–water partition coefficient (Wildman–Crippen LogP) is 16.3. The van der Waals surface area contributed by atoms with Gasteiger partial charge in [0.25, 0.3) is 0 Å². The van der Waals surface area contributed by atoms with E-state index in [1.165, 1.54) is 120 Å². The highest BCUT2D eigenvalue weighted by molar-refractivity contribution is 6.42. The van der Waals surface area contributed by atoms with Crippen LogP contribution in [0.25, 0.3) is 0 Å². The van der Waals surface area contributed by atoms with E-state index in [2.05, 4.69) is 13.8 Å². The molecule has 3 rings (SSSR count). The summed E-state index contributed by atoms with van der Waals surface area (Å²) in [6.07, 6.45) is 30.7. The maximum Gasteiger partial charge on any atom is 0.412 e. The Morgan fingerprint density at radius 2 is 0.944 bits per heavy atom. The van der Waals surface area contributed by atoms with Crippen LogP contribution in [0, 0.1) is 0 Å². The molecule has 1 aliphatic carbocycles. The van der Waals surface area contributed by atoms with Crippen molar-refractivity contribution in [3.8, 4) is 0 Å². The summed E-state index contributed by atoms with van der Waals surface area (Å²) >= 11 is 12.5. The van der Waals surface area contributed by atoms with Crippen LogP contribution in [0.3, 0.4) is 0 Å².